The molecule has 1 aromatic rings. The second-order valence-corrected chi connectivity index (χ2v) is 5.53. The zero-order valence-electron chi connectivity index (χ0n) is 7.76. The van der Waals surface area contributed by atoms with Gasteiger partial charge in [-0.3, -0.25) is 0 Å². The lowest BCUT2D eigenvalue weighted by Crippen LogP contribution is -2.30. The summed E-state index contributed by atoms with van der Waals surface area (Å²) >= 11 is 11.9. The van der Waals surface area contributed by atoms with Crippen molar-refractivity contribution in [3.8, 4) is 0 Å². The molecule has 3 nitrogen and oxygen atoms in total. The van der Waals surface area contributed by atoms with Gasteiger partial charge < -0.3 is 10.6 Å². The van der Waals surface area contributed by atoms with E-state index >= 15 is 0 Å². The van der Waals surface area contributed by atoms with Crippen LogP contribution in [-0.4, -0.2) is 16.1 Å². The van der Waals surface area contributed by atoms with Crippen molar-refractivity contribution in [1.82, 2.24) is 10.3 Å². The lowest BCUT2D eigenvalue weighted by atomic mass is 10.5. The van der Waals surface area contributed by atoms with Gasteiger partial charge in [0.05, 0.1) is 4.47 Å². The van der Waals surface area contributed by atoms with Crippen LogP contribution in [0, 0.1) is 0 Å². The molecule has 0 unspecified atom stereocenters. The molecular weight excluding hydrogens is 342 g/mol. The maximum absolute atomic E-state index is 5.15. The maximum Gasteiger partial charge on any atom is 0.172 e. The summed E-state index contributed by atoms with van der Waals surface area (Å²) in [5.74, 6) is 0.733. The highest BCUT2D eigenvalue weighted by Crippen LogP contribution is 2.24. The fraction of sp³-hybridized carbons (Fsp3) is 0.333. The first kappa shape index (κ1) is 11.3. The number of nitrogens with one attached hydrogen (secondary N) is 2. The van der Waals surface area contributed by atoms with E-state index in [1.54, 1.807) is 6.20 Å². The molecule has 0 saturated heterocycles. The van der Waals surface area contributed by atoms with Crippen LogP contribution in [0.3, 0.4) is 0 Å². The highest BCUT2D eigenvalue weighted by Gasteiger charge is 2.21. The van der Waals surface area contributed by atoms with Gasteiger partial charge in [-0.1, -0.05) is 0 Å². The van der Waals surface area contributed by atoms with Gasteiger partial charge in [0.15, 0.2) is 5.11 Å². The summed E-state index contributed by atoms with van der Waals surface area (Å²) in [5.41, 5.74) is 0. The Labute approximate surface area is 110 Å². The predicted molar refractivity (Wildman–Crippen MR) is 72.0 cm³/mol. The van der Waals surface area contributed by atoms with Gasteiger partial charge >= 0.3 is 0 Å². The average Bonchev–Trinajstić information content (AvgIpc) is 2.94. The minimum atomic E-state index is 0.555. The Bertz CT molecular complexity index is 393. The molecule has 6 heteroatoms. The molecule has 1 aromatic heterocycles. The smallest absolute Gasteiger partial charge is 0.172 e. The second-order valence-electron chi connectivity index (χ2n) is 3.36. The van der Waals surface area contributed by atoms with Crippen molar-refractivity contribution in [2.45, 2.75) is 18.9 Å². The number of aromatic nitrogens is 1. The first-order valence-corrected chi connectivity index (χ1v) is 6.53. The summed E-state index contributed by atoms with van der Waals surface area (Å²) in [6.45, 7) is 0. The summed E-state index contributed by atoms with van der Waals surface area (Å²) in [4.78, 5) is 4.21. The minimum absolute atomic E-state index is 0.555. The van der Waals surface area contributed by atoms with E-state index in [4.69, 9.17) is 12.2 Å². The molecule has 1 aliphatic rings. The highest BCUT2D eigenvalue weighted by molar-refractivity contribution is 9.11. The van der Waals surface area contributed by atoms with Crippen LogP contribution in [0.25, 0.3) is 0 Å². The fourth-order valence-corrected chi connectivity index (χ4v) is 2.41. The van der Waals surface area contributed by atoms with E-state index in [1.165, 1.54) is 12.8 Å². The third-order valence-electron chi connectivity index (χ3n) is 1.95. The van der Waals surface area contributed by atoms with Crippen molar-refractivity contribution in [3.05, 3.63) is 21.2 Å². The number of hydrogen-bond donors (Lipinski definition) is 2. The molecule has 0 aliphatic heterocycles. The predicted octanol–water partition coefficient (Wildman–Crippen LogP) is 3.06. The standard InChI is InChI=1S/C9H9Br2N3S/c10-5-3-7(11)8(12-4-5)14-9(15)13-6-1-2-6/h3-4,6H,1-2H2,(H2,12,13,14,15). The van der Waals surface area contributed by atoms with Crippen molar-refractivity contribution in [1.29, 1.82) is 0 Å². The van der Waals surface area contributed by atoms with Crippen molar-refractivity contribution >= 4 is 55.0 Å². The summed E-state index contributed by atoms with van der Waals surface area (Å²) in [6.07, 6.45) is 4.14. The Morgan fingerprint density at radius 2 is 2.20 bits per heavy atom. The molecule has 0 atom stereocenters. The van der Waals surface area contributed by atoms with E-state index in [1.807, 2.05) is 6.07 Å². The van der Waals surface area contributed by atoms with Gasteiger partial charge in [-0.05, 0) is 63.0 Å². The molecule has 15 heavy (non-hydrogen) atoms. The number of halogens is 2. The minimum Gasteiger partial charge on any atom is -0.360 e. The first-order chi connectivity index (χ1) is 7.15. The molecule has 0 amide bonds. The third-order valence-corrected chi connectivity index (χ3v) is 3.21. The molecular formula is C9H9Br2N3S. The van der Waals surface area contributed by atoms with E-state index in [9.17, 15) is 0 Å². The van der Waals surface area contributed by atoms with Gasteiger partial charge in [0.2, 0.25) is 0 Å². The van der Waals surface area contributed by atoms with Crippen LogP contribution in [0.1, 0.15) is 12.8 Å². The lowest BCUT2D eigenvalue weighted by molar-refractivity contribution is 0.918. The molecule has 2 rings (SSSR count). The van der Waals surface area contributed by atoms with Gasteiger partial charge in [0, 0.05) is 16.7 Å². The Morgan fingerprint density at radius 1 is 1.47 bits per heavy atom. The summed E-state index contributed by atoms with van der Waals surface area (Å²) in [5, 5.41) is 6.87. The molecule has 2 N–H and O–H groups in total. The summed E-state index contributed by atoms with van der Waals surface area (Å²) < 4.78 is 1.82. The van der Waals surface area contributed by atoms with Gasteiger partial charge in [-0.25, -0.2) is 4.98 Å². The van der Waals surface area contributed by atoms with Gasteiger partial charge in [0.25, 0.3) is 0 Å². The molecule has 0 radical (unpaired) electrons. The summed E-state index contributed by atoms with van der Waals surface area (Å²) in [7, 11) is 0. The van der Waals surface area contributed by atoms with E-state index in [0.29, 0.717) is 11.2 Å². The maximum atomic E-state index is 5.15. The van der Waals surface area contributed by atoms with E-state index in [2.05, 4.69) is 47.5 Å². The van der Waals surface area contributed by atoms with E-state index in [0.717, 1.165) is 14.8 Å². The third kappa shape index (κ3) is 3.39. The molecule has 1 saturated carbocycles. The Hall–Kier alpha value is -0.200. The monoisotopic (exact) mass is 349 g/mol. The Balaban J connectivity index is 1.99. The first-order valence-electron chi connectivity index (χ1n) is 4.54. The van der Waals surface area contributed by atoms with Crippen LogP contribution in [-0.2, 0) is 0 Å². The number of pyridine rings is 1. The summed E-state index contributed by atoms with van der Waals surface area (Å²) in [6, 6.07) is 2.48. The van der Waals surface area contributed by atoms with Crippen molar-refractivity contribution in [2.75, 3.05) is 5.32 Å². The van der Waals surface area contributed by atoms with Crippen LogP contribution in [0.4, 0.5) is 5.82 Å². The largest absolute Gasteiger partial charge is 0.360 e. The number of rotatable bonds is 2. The zero-order valence-corrected chi connectivity index (χ0v) is 11.7. The fourth-order valence-electron chi connectivity index (χ4n) is 1.06. The molecule has 0 bridgehead atoms. The topological polar surface area (TPSA) is 37.0 Å². The van der Waals surface area contributed by atoms with Gasteiger partial charge in [-0.2, -0.15) is 0 Å². The molecule has 1 fully saturated rings. The SMILES string of the molecule is S=C(Nc1ncc(Br)cc1Br)NC1CC1. The number of nitrogens with zero attached hydrogens (tertiary/aromatic N) is 1. The molecule has 0 aromatic carbocycles. The number of anilines is 1. The van der Waals surface area contributed by atoms with Crippen LogP contribution in [0.15, 0.2) is 21.2 Å². The van der Waals surface area contributed by atoms with Crippen molar-refractivity contribution in [2.24, 2.45) is 0 Å². The highest BCUT2D eigenvalue weighted by atomic mass is 79.9. The van der Waals surface area contributed by atoms with Crippen LogP contribution < -0.4 is 10.6 Å². The number of hydrogen-bond acceptors (Lipinski definition) is 2. The Kier molecular flexibility index (Phi) is 3.58. The normalized spacial score (nSPS) is 14.8. The quantitative estimate of drug-likeness (QED) is 0.804. The molecule has 1 aliphatic carbocycles. The average molecular weight is 351 g/mol. The lowest BCUT2D eigenvalue weighted by Gasteiger charge is -2.10. The van der Waals surface area contributed by atoms with Gasteiger partial charge in [0.1, 0.15) is 5.82 Å². The van der Waals surface area contributed by atoms with Crippen molar-refractivity contribution in [3.63, 3.8) is 0 Å². The van der Waals surface area contributed by atoms with Crippen LogP contribution in [0.2, 0.25) is 0 Å². The number of thiocarbonyl (C=S) groups is 1. The Morgan fingerprint density at radius 3 is 2.80 bits per heavy atom. The van der Waals surface area contributed by atoms with Crippen LogP contribution >= 0.6 is 44.1 Å². The van der Waals surface area contributed by atoms with Crippen LogP contribution in [0.5, 0.6) is 0 Å². The van der Waals surface area contributed by atoms with Gasteiger partial charge in [-0.15, -0.1) is 0 Å². The van der Waals surface area contributed by atoms with Crippen molar-refractivity contribution < 1.29 is 0 Å². The zero-order chi connectivity index (χ0) is 10.8. The molecule has 80 valence electrons. The molecule has 1 heterocycles. The second kappa shape index (κ2) is 4.76. The van der Waals surface area contributed by atoms with E-state index < -0.39 is 0 Å². The molecule has 0 spiro atoms. The van der Waals surface area contributed by atoms with E-state index in [-0.39, 0.29) is 0 Å².